The molecule has 1 atom stereocenters. The highest BCUT2D eigenvalue weighted by Gasteiger charge is 2.34. The van der Waals surface area contributed by atoms with Crippen molar-refractivity contribution in [3.8, 4) is 17.1 Å². The summed E-state index contributed by atoms with van der Waals surface area (Å²) in [5.74, 6) is 0.505. The number of aromatic nitrogens is 3. The number of halogens is 1. The smallest absolute Gasteiger partial charge is 0.247 e. The maximum absolute atomic E-state index is 14.0. The first-order chi connectivity index (χ1) is 15.0. The van der Waals surface area contributed by atoms with E-state index in [1.807, 2.05) is 25.1 Å². The van der Waals surface area contributed by atoms with E-state index < -0.39 is 12.0 Å². The molecule has 0 unspecified atom stereocenters. The molecule has 1 aliphatic heterocycles. The Hall–Kier alpha value is -3.00. The number of benzene rings is 2. The number of carbonyl (C=O) groups is 1. The molecular weight excluding hydrogens is 415 g/mol. The maximum Gasteiger partial charge on any atom is 0.247 e. The lowest BCUT2D eigenvalue weighted by Gasteiger charge is -2.30. The molecule has 6 nitrogen and oxygen atoms in total. The van der Waals surface area contributed by atoms with Crippen LogP contribution >= 0.6 is 11.8 Å². The summed E-state index contributed by atoms with van der Waals surface area (Å²) in [5, 5.41) is 9.19. The van der Waals surface area contributed by atoms with Gasteiger partial charge in [0.15, 0.2) is 5.69 Å². The molecule has 0 N–H and O–H groups in total. The van der Waals surface area contributed by atoms with Crippen molar-refractivity contribution in [2.75, 3.05) is 10.7 Å². The number of nitrogens with zero attached hydrogens (tertiary/aromatic N) is 4. The molecule has 0 spiro atoms. The summed E-state index contributed by atoms with van der Waals surface area (Å²) in [4.78, 5) is 18.9. The van der Waals surface area contributed by atoms with Gasteiger partial charge in [-0.05, 0) is 37.6 Å². The maximum atomic E-state index is 14.0. The standard InChI is InChI=1S/C23H23FN4O2S/c1-4-5-11-31-23-25-21-20(26-27-23)18-12-14(2)9-10-19(18)28(15(3)29)22(30-21)16-7-6-8-17(24)13-16/h6-10,12-13,22H,4-5,11H2,1-3H3/t22-/m1/s1. The number of fused-ring (bicyclic) bond motifs is 3. The van der Waals surface area contributed by atoms with Crippen LogP contribution in [0, 0.1) is 12.7 Å². The monoisotopic (exact) mass is 438 g/mol. The minimum Gasteiger partial charge on any atom is -0.447 e. The van der Waals surface area contributed by atoms with Crippen LogP contribution in [0.4, 0.5) is 10.1 Å². The normalized spacial score (nSPS) is 15.0. The lowest BCUT2D eigenvalue weighted by Crippen LogP contribution is -2.36. The summed E-state index contributed by atoms with van der Waals surface area (Å²) in [5.41, 5.74) is 3.29. The van der Waals surface area contributed by atoms with Crippen LogP contribution in [0.5, 0.6) is 5.88 Å². The summed E-state index contributed by atoms with van der Waals surface area (Å²) < 4.78 is 20.3. The van der Waals surface area contributed by atoms with Crippen molar-refractivity contribution in [1.82, 2.24) is 15.2 Å². The Labute approximate surface area is 184 Å². The van der Waals surface area contributed by atoms with Crippen molar-refractivity contribution >= 4 is 23.4 Å². The van der Waals surface area contributed by atoms with E-state index in [1.165, 1.54) is 35.7 Å². The van der Waals surface area contributed by atoms with E-state index >= 15 is 0 Å². The fourth-order valence-corrected chi connectivity index (χ4v) is 4.33. The van der Waals surface area contributed by atoms with Crippen molar-refractivity contribution < 1.29 is 13.9 Å². The molecule has 0 fully saturated rings. The fourth-order valence-electron chi connectivity index (χ4n) is 3.46. The highest BCUT2D eigenvalue weighted by Crippen LogP contribution is 2.43. The summed E-state index contributed by atoms with van der Waals surface area (Å²) in [6.07, 6.45) is 1.22. The molecule has 8 heteroatoms. The van der Waals surface area contributed by atoms with Crippen LogP contribution < -0.4 is 9.64 Å². The van der Waals surface area contributed by atoms with Crippen molar-refractivity contribution in [1.29, 1.82) is 0 Å². The van der Waals surface area contributed by atoms with Crippen molar-refractivity contribution in [2.45, 2.75) is 45.0 Å². The van der Waals surface area contributed by atoms with Crippen molar-refractivity contribution in [3.05, 3.63) is 59.4 Å². The lowest BCUT2D eigenvalue weighted by atomic mass is 10.0. The molecule has 0 aliphatic carbocycles. The summed E-state index contributed by atoms with van der Waals surface area (Å²) in [7, 11) is 0. The largest absolute Gasteiger partial charge is 0.447 e. The summed E-state index contributed by atoms with van der Waals surface area (Å²) >= 11 is 1.51. The zero-order chi connectivity index (χ0) is 22.0. The average Bonchev–Trinajstić information content (AvgIpc) is 2.88. The fraction of sp³-hybridized carbons (Fsp3) is 0.304. The average molecular weight is 439 g/mol. The molecule has 160 valence electrons. The number of thioether (sulfide) groups is 1. The zero-order valence-corrected chi connectivity index (χ0v) is 18.4. The minimum absolute atomic E-state index is 0.238. The molecule has 0 saturated heterocycles. The summed E-state index contributed by atoms with van der Waals surface area (Å²) in [6.45, 7) is 5.54. The number of rotatable bonds is 5. The Morgan fingerprint density at radius 1 is 1.23 bits per heavy atom. The Balaban J connectivity index is 1.89. The van der Waals surface area contributed by atoms with Gasteiger partial charge in [-0.3, -0.25) is 9.69 Å². The topological polar surface area (TPSA) is 68.2 Å². The second-order valence-corrected chi connectivity index (χ2v) is 8.45. The highest BCUT2D eigenvalue weighted by atomic mass is 32.2. The van der Waals surface area contributed by atoms with Crippen LogP contribution in [-0.4, -0.2) is 26.8 Å². The van der Waals surface area contributed by atoms with Gasteiger partial charge in [-0.2, -0.15) is 4.98 Å². The Morgan fingerprint density at radius 2 is 2.06 bits per heavy atom. The number of unbranched alkanes of at least 4 members (excludes halogenated alkanes) is 1. The second kappa shape index (κ2) is 9.01. The molecule has 0 radical (unpaired) electrons. The SMILES string of the molecule is CCCCSc1nnc2c(n1)O[C@H](c1cccc(F)c1)N(C(C)=O)c1ccc(C)cc1-2. The molecule has 1 amide bonds. The third kappa shape index (κ3) is 4.39. The Bertz CT molecular complexity index is 1120. The second-order valence-electron chi connectivity index (χ2n) is 7.38. The van der Waals surface area contributed by atoms with Gasteiger partial charge in [0.1, 0.15) is 5.82 Å². The van der Waals surface area contributed by atoms with E-state index in [-0.39, 0.29) is 11.8 Å². The van der Waals surface area contributed by atoms with Gasteiger partial charge < -0.3 is 4.74 Å². The molecule has 2 aromatic carbocycles. The predicted molar refractivity (Wildman–Crippen MR) is 119 cm³/mol. The minimum atomic E-state index is -0.888. The first-order valence-electron chi connectivity index (χ1n) is 10.2. The van der Waals surface area contributed by atoms with Crippen molar-refractivity contribution in [2.24, 2.45) is 0 Å². The number of hydrogen-bond acceptors (Lipinski definition) is 6. The lowest BCUT2D eigenvalue weighted by molar-refractivity contribution is -0.118. The number of carbonyl (C=O) groups excluding carboxylic acids is 1. The van der Waals surface area contributed by atoms with Gasteiger partial charge in [-0.25, -0.2) is 4.39 Å². The molecule has 1 aromatic heterocycles. The molecule has 0 bridgehead atoms. The number of ether oxygens (including phenoxy) is 1. The summed E-state index contributed by atoms with van der Waals surface area (Å²) in [6, 6.07) is 11.7. The van der Waals surface area contributed by atoms with E-state index in [1.54, 1.807) is 12.1 Å². The highest BCUT2D eigenvalue weighted by molar-refractivity contribution is 7.99. The first-order valence-corrected chi connectivity index (χ1v) is 11.2. The molecule has 1 aliphatic rings. The van der Waals surface area contributed by atoms with Gasteiger partial charge in [-0.1, -0.05) is 48.9 Å². The number of aryl methyl sites for hydroxylation is 1. The van der Waals surface area contributed by atoms with Crippen LogP contribution in [0.2, 0.25) is 0 Å². The van der Waals surface area contributed by atoms with Gasteiger partial charge in [-0.15, -0.1) is 10.2 Å². The third-order valence-electron chi connectivity index (χ3n) is 4.96. The van der Waals surface area contributed by atoms with Crippen LogP contribution in [0.25, 0.3) is 11.3 Å². The van der Waals surface area contributed by atoms with E-state index in [9.17, 15) is 9.18 Å². The number of anilines is 1. The molecular formula is C23H23FN4O2S. The van der Waals surface area contributed by atoms with Crippen molar-refractivity contribution in [3.63, 3.8) is 0 Å². The molecule has 3 aromatic rings. The van der Waals surface area contributed by atoms with Gasteiger partial charge in [0, 0.05) is 23.8 Å². The van der Waals surface area contributed by atoms with Crippen LogP contribution in [0.3, 0.4) is 0 Å². The molecule has 0 saturated carbocycles. The van der Waals surface area contributed by atoms with Gasteiger partial charge in [0.05, 0.1) is 5.69 Å². The molecule has 2 heterocycles. The van der Waals surface area contributed by atoms with Gasteiger partial charge in [0.2, 0.25) is 23.2 Å². The van der Waals surface area contributed by atoms with Gasteiger partial charge >= 0.3 is 0 Å². The predicted octanol–water partition coefficient (Wildman–Crippen LogP) is 5.32. The van der Waals surface area contributed by atoms with Crippen LogP contribution in [0.15, 0.2) is 47.6 Å². The van der Waals surface area contributed by atoms with Gasteiger partial charge in [0.25, 0.3) is 0 Å². The first kappa shape index (κ1) is 21.2. The van der Waals surface area contributed by atoms with Crippen LogP contribution in [-0.2, 0) is 4.79 Å². The Morgan fingerprint density at radius 3 is 2.81 bits per heavy atom. The Kier molecular flexibility index (Phi) is 6.18. The molecule has 31 heavy (non-hydrogen) atoms. The molecule has 4 rings (SSSR count). The quantitative estimate of drug-likeness (QED) is 0.397. The van der Waals surface area contributed by atoms with E-state index in [0.29, 0.717) is 27.7 Å². The van der Waals surface area contributed by atoms with E-state index in [0.717, 1.165) is 24.2 Å². The number of amides is 1. The van der Waals surface area contributed by atoms with Crippen LogP contribution in [0.1, 0.15) is 44.0 Å². The third-order valence-corrected chi connectivity index (χ3v) is 5.89. The van der Waals surface area contributed by atoms with E-state index in [4.69, 9.17) is 4.74 Å². The van der Waals surface area contributed by atoms with E-state index in [2.05, 4.69) is 22.1 Å². The zero-order valence-electron chi connectivity index (χ0n) is 17.6. The number of hydrogen-bond donors (Lipinski definition) is 0.